The van der Waals surface area contributed by atoms with Crippen molar-refractivity contribution in [2.45, 2.75) is 5.16 Å². The zero-order valence-corrected chi connectivity index (χ0v) is 9.41. The van der Waals surface area contributed by atoms with Gasteiger partial charge < -0.3 is 4.98 Å². The van der Waals surface area contributed by atoms with E-state index in [4.69, 9.17) is 0 Å². The van der Waals surface area contributed by atoms with E-state index < -0.39 is 0 Å². The van der Waals surface area contributed by atoms with Gasteiger partial charge in [-0.05, 0) is 11.6 Å². The molecule has 3 aromatic rings. The number of fused-ring (bicyclic) bond motifs is 1. The van der Waals surface area contributed by atoms with Gasteiger partial charge in [0.15, 0.2) is 5.16 Å². The van der Waals surface area contributed by atoms with Crippen LogP contribution in [0, 0.1) is 0 Å². The molecule has 0 saturated carbocycles. The number of aromatic amines is 1. The van der Waals surface area contributed by atoms with Crippen LogP contribution < -0.4 is 0 Å². The van der Waals surface area contributed by atoms with Crippen molar-refractivity contribution in [1.82, 2.24) is 9.97 Å². The number of hydrogen-bond acceptors (Lipinski definition) is 2. The first-order valence-electron chi connectivity index (χ1n) is 5.08. The molecule has 2 nitrogen and oxygen atoms in total. The Kier molecular flexibility index (Phi) is 2.18. The van der Waals surface area contributed by atoms with Gasteiger partial charge in [0, 0.05) is 5.56 Å². The van der Waals surface area contributed by atoms with Crippen LogP contribution in [0.2, 0.25) is 0 Å². The van der Waals surface area contributed by atoms with Crippen molar-refractivity contribution in [2.24, 2.45) is 0 Å². The summed E-state index contributed by atoms with van der Waals surface area (Å²) in [5.41, 5.74) is 4.30. The highest BCUT2D eigenvalue weighted by atomic mass is 32.1. The highest BCUT2D eigenvalue weighted by Crippen LogP contribution is 2.27. The third-order valence-electron chi connectivity index (χ3n) is 2.58. The van der Waals surface area contributed by atoms with E-state index in [1.54, 1.807) is 0 Å². The highest BCUT2D eigenvalue weighted by molar-refractivity contribution is 7.80. The van der Waals surface area contributed by atoms with Gasteiger partial charge in [0.2, 0.25) is 0 Å². The second kappa shape index (κ2) is 3.68. The van der Waals surface area contributed by atoms with Crippen molar-refractivity contribution in [2.75, 3.05) is 0 Å². The fourth-order valence-corrected chi connectivity index (χ4v) is 2.09. The van der Waals surface area contributed by atoms with Gasteiger partial charge in [0.1, 0.15) is 0 Å². The number of H-pyrrole nitrogens is 1. The topological polar surface area (TPSA) is 28.7 Å². The van der Waals surface area contributed by atoms with Gasteiger partial charge in [0.25, 0.3) is 0 Å². The fourth-order valence-electron chi connectivity index (χ4n) is 1.87. The number of nitrogens with one attached hydrogen (secondary N) is 1. The number of aromatic nitrogens is 2. The Labute approximate surface area is 98.8 Å². The summed E-state index contributed by atoms with van der Waals surface area (Å²) in [5, 5.41) is 0.651. The average Bonchev–Trinajstić information content (AvgIpc) is 2.70. The summed E-state index contributed by atoms with van der Waals surface area (Å²) in [6, 6.07) is 16.3. The Morgan fingerprint density at radius 1 is 0.938 bits per heavy atom. The van der Waals surface area contributed by atoms with Crippen molar-refractivity contribution >= 4 is 23.7 Å². The second-order valence-corrected chi connectivity index (χ2v) is 4.05. The lowest BCUT2D eigenvalue weighted by molar-refractivity contribution is 1.09. The molecule has 0 aliphatic rings. The van der Waals surface area contributed by atoms with Gasteiger partial charge in [-0.15, -0.1) is 12.6 Å². The Hall–Kier alpha value is -1.74. The molecule has 0 aliphatic heterocycles. The zero-order chi connectivity index (χ0) is 11.0. The molecule has 1 N–H and O–H groups in total. The minimum absolute atomic E-state index is 0.651. The lowest BCUT2D eigenvalue weighted by Gasteiger charge is -2.01. The molecule has 1 heterocycles. The molecule has 0 unspecified atom stereocenters. The third kappa shape index (κ3) is 1.49. The van der Waals surface area contributed by atoms with E-state index in [1.165, 1.54) is 5.56 Å². The smallest absolute Gasteiger partial charge is 0.163 e. The first-order chi connectivity index (χ1) is 7.84. The summed E-state index contributed by atoms with van der Waals surface area (Å²) >= 11 is 4.24. The Balaban J connectivity index is 2.31. The van der Waals surface area contributed by atoms with Crippen molar-refractivity contribution in [1.29, 1.82) is 0 Å². The van der Waals surface area contributed by atoms with Crippen LogP contribution in [0.15, 0.2) is 53.7 Å². The molecule has 0 amide bonds. The highest BCUT2D eigenvalue weighted by Gasteiger charge is 2.06. The van der Waals surface area contributed by atoms with Crippen LogP contribution in [0.5, 0.6) is 0 Å². The molecule has 3 heteroatoms. The van der Waals surface area contributed by atoms with Crippen LogP contribution in [0.4, 0.5) is 0 Å². The summed E-state index contributed by atoms with van der Waals surface area (Å²) in [7, 11) is 0. The van der Waals surface area contributed by atoms with Gasteiger partial charge in [-0.2, -0.15) is 0 Å². The predicted octanol–water partition coefficient (Wildman–Crippen LogP) is 3.52. The van der Waals surface area contributed by atoms with Crippen molar-refractivity contribution in [3.05, 3.63) is 48.5 Å². The molecule has 0 saturated heterocycles. The Bertz CT molecular complexity index is 629. The molecule has 0 aliphatic carbocycles. The van der Waals surface area contributed by atoms with Gasteiger partial charge >= 0.3 is 0 Å². The monoisotopic (exact) mass is 226 g/mol. The molecule has 0 radical (unpaired) electrons. The molecule has 0 atom stereocenters. The molecule has 0 spiro atoms. The first kappa shape index (κ1) is 9.48. The Morgan fingerprint density at radius 2 is 1.75 bits per heavy atom. The van der Waals surface area contributed by atoms with E-state index >= 15 is 0 Å². The number of nitrogens with zero attached hydrogens (tertiary/aromatic N) is 1. The number of thiol groups is 1. The first-order valence-corrected chi connectivity index (χ1v) is 5.52. The van der Waals surface area contributed by atoms with Gasteiger partial charge in [0.05, 0.1) is 11.0 Å². The second-order valence-electron chi connectivity index (χ2n) is 3.63. The molecule has 2 aromatic carbocycles. The largest absolute Gasteiger partial charge is 0.333 e. The lowest BCUT2D eigenvalue weighted by Crippen LogP contribution is -1.79. The van der Waals surface area contributed by atoms with Crippen molar-refractivity contribution < 1.29 is 0 Å². The maximum Gasteiger partial charge on any atom is 0.163 e. The predicted molar refractivity (Wildman–Crippen MR) is 68.8 cm³/mol. The van der Waals surface area contributed by atoms with Crippen LogP contribution >= 0.6 is 12.6 Å². The SMILES string of the molecule is Sc1nc2c(-c3ccccc3)cccc2[nH]1. The molecular formula is C13H10N2S. The normalized spacial score (nSPS) is 10.8. The third-order valence-corrected chi connectivity index (χ3v) is 2.80. The van der Waals surface area contributed by atoms with E-state index in [9.17, 15) is 0 Å². The maximum atomic E-state index is 4.40. The van der Waals surface area contributed by atoms with Crippen LogP contribution in [0.3, 0.4) is 0 Å². The van der Waals surface area contributed by atoms with Crippen molar-refractivity contribution in [3.8, 4) is 11.1 Å². The number of hydrogen-bond donors (Lipinski definition) is 2. The van der Waals surface area contributed by atoms with Crippen molar-refractivity contribution in [3.63, 3.8) is 0 Å². The summed E-state index contributed by atoms with van der Waals surface area (Å²) in [6.45, 7) is 0. The molecule has 3 rings (SSSR count). The summed E-state index contributed by atoms with van der Waals surface area (Å²) in [5.74, 6) is 0. The number of imidazole rings is 1. The van der Waals surface area contributed by atoms with Gasteiger partial charge in [-0.25, -0.2) is 4.98 Å². The average molecular weight is 226 g/mol. The minimum atomic E-state index is 0.651. The van der Waals surface area contributed by atoms with Crippen LogP contribution in [0.1, 0.15) is 0 Å². The van der Waals surface area contributed by atoms with Gasteiger partial charge in [-0.1, -0.05) is 42.5 Å². The van der Waals surface area contributed by atoms with Crippen LogP contribution in [0.25, 0.3) is 22.2 Å². The maximum absolute atomic E-state index is 4.40. The van der Waals surface area contributed by atoms with E-state index in [1.807, 2.05) is 30.3 Å². The minimum Gasteiger partial charge on any atom is -0.333 e. The van der Waals surface area contributed by atoms with E-state index in [0.29, 0.717) is 5.16 Å². The van der Waals surface area contributed by atoms with E-state index in [2.05, 4.69) is 40.8 Å². The lowest BCUT2D eigenvalue weighted by atomic mass is 10.0. The molecular weight excluding hydrogens is 216 g/mol. The fraction of sp³-hybridized carbons (Fsp3) is 0. The summed E-state index contributed by atoms with van der Waals surface area (Å²) < 4.78 is 0. The quantitative estimate of drug-likeness (QED) is 0.611. The molecule has 16 heavy (non-hydrogen) atoms. The number of para-hydroxylation sites is 1. The Morgan fingerprint density at radius 3 is 2.56 bits per heavy atom. The van der Waals surface area contributed by atoms with Gasteiger partial charge in [-0.3, -0.25) is 0 Å². The number of rotatable bonds is 1. The van der Waals surface area contributed by atoms with E-state index in [0.717, 1.165) is 16.6 Å². The molecule has 78 valence electrons. The van der Waals surface area contributed by atoms with Crippen LogP contribution in [-0.2, 0) is 0 Å². The molecule has 1 aromatic heterocycles. The number of benzene rings is 2. The molecule has 0 bridgehead atoms. The zero-order valence-electron chi connectivity index (χ0n) is 8.51. The molecule has 0 fully saturated rings. The summed E-state index contributed by atoms with van der Waals surface area (Å²) in [4.78, 5) is 7.52. The van der Waals surface area contributed by atoms with Crippen LogP contribution in [-0.4, -0.2) is 9.97 Å². The summed E-state index contributed by atoms with van der Waals surface area (Å²) in [6.07, 6.45) is 0. The standard InChI is InChI=1S/C13H10N2S/c16-13-14-11-8-4-7-10(12(11)15-13)9-5-2-1-3-6-9/h1-8H,(H2,14,15,16). The van der Waals surface area contributed by atoms with E-state index in [-0.39, 0.29) is 0 Å².